The van der Waals surface area contributed by atoms with E-state index in [1.54, 1.807) is 12.1 Å². The highest BCUT2D eigenvalue weighted by Crippen LogP contribution is 2.18. The Kier molecular flexibility index (Phi) is 4.87. The van der Waals surface area contributed by atoms with Crippen molar-refractivity contribution >= 4 is 5.97 Å². The molecule has 0 radical (unpaired) electrons. The van der Waals surface area contributed by atoms with Crippen LogP contribution in [-0.4, -0.2) is 17.7 Å². The lowest BCUT2D eigenvalue weighted by Gasteiger charge is -2.09. The number of hydrogen-bond acceptors (Lipinski definition) is 2. The maximum Gasteiger partial charge on any atom is 0.387 e. The van der Waals surface area contributed by atoms with Crippen molar-refractivity contribution in [3.8, 4) is 5.75 Å². The third-order valence-corrected chi connectivity index (χ3v) is 2.26. The molecule has 0 fully saturated rings. The normalized spacial score (nSPS) is 12.5. The highest BCUT2D eigenvalue weighted by Gasteiger charge is 2.09. The van der Waals surface area contributed by atoms with E-state index >= 15 is 0 Å². The maximum atomic E-state index is 11.9. The van der Waals surface area contributed by atoms with Crippen molar-refractivity contribution in [2.45, 2.75) is 26.4 Å². The lowest BCUT2D eigenvalue weighted by molar-refractivity contribution is -0.137. The van der Waals surface area contributed by atoms with E-state index in [-0.39, 0.29) is 18.1 Å². The molecule has 94 valence electrons. The first-order valence-corrected chi connectivity index (χ1v) is 5.23. The molecular formula is C12H14F2O3. The molecular weight excluding hydrogens is 230 g/mol. The molecule has 0 heterocycles. The van der Waals surface area contributed by atoms with Gasteiger partial charge in [-0.25, -0.2) is 0 Å². The molecule has 0 aliphatic carbocycles. The zero-order chi connectivity index (χ0) is 12.8. The minimum atomic E-state index is -2.83. The molecule has 1 atom stereocenters. The summed E-state index contributed by atoms with van der Waals surface area (Å²) in [5.74, 6) is -0.723. The van der Waals surface area contributed by atoms with Crippen molar-refractivity contribution < 1.29 is 23.4 Å². The van der Waals surface area contributed by atoms with Gasteiger partial charge in [-0.15, -0.1) is 0 Å². The zero-order valence-electron chi connectivity index (χ0n) is 9.40. The van der Waals surface area contributed by atoms with Crippen molar-refractivity contribution in [3.05, 3.63) is 29.8 Å². The number of aliphatic carboxylic acids is 1. The average molecular weight is 244 g/mol. The summed E-state index contributed by atoms with van der Waals surface area (Å²) in [5, 5.41) is 8.60. The van der Waals surface area contributed by atoms with Crippen LogP contribution in [0.25, 0.3) is 0 Å². The SMILES string of the molecule is CC(CC(=O)O)Cc1ccc(OC(F)F)cc1. The van der Waals surface area contributed by atoms with E-state index in [9.17, 15) is 13.6 Å². The fourth-order valence-corrected chi connectivity index (χ4v) is 1.58. The van der Waals surface area contributed by atoms with Crippen molar-refractivity contribution in [3.63, 3.8) is 0 Å². The van der Waals surface area contributed by atoms with E-state index in [1.165, 1.54) is 12.1 Å². The smallest absolute Gasteiger partial charge is 0.387 e. The molecule has 5 heteroatoms. The first-order chi connectivity index (χ1) is 7.97. The van der Waals surface area contributed by atoms with Gasteiger partial charge in [0.1, 0.15) is 5.75 Å². The predicted octanol–water partition coefficient (Wildman–Crippen LogP) is 2.94. The van der Waals surface area contributed by atoms with Crippen LogP contribution in [-0.2, 0) is 11.2 Å². The lowest BCUT2D eigenvalue weighted by atomic mass is 9.98. The molecule has 0 bridgehead atoms. The third-order valence-electron chi connectivity index (χ3n) is 2.26. The van der Waals surface area contributed by atoms with E-state index in [0.717, 1.165) is 5.56 Å². The van der Waals surface area contributed by atoms with Crippen LogP contribution in [0.5, 0.6) is 5.75 Å². The van der Waals surface area contributed by atoms with Crippen LogP contribution in [0, 0.1) is 5.92 Å². The largest absolute Gasteiger partial charge is 0.481 e. The summed E-state index contributed by atoms with van der Waals surface area (Å²) in [7, 11) is 0. The number of alkyl halides is 2. The number of ether oxygens (including phenoxy) is 1. The van der Waals surface area contributed by atoms with E-state index < -0.39 is 12.6 Å². The van der Waals surface area contributed by atoms with Gasteiger partial charge in [0.2, 0.25) is 0 Å². The van der Waals surface area contributed by atoms with E-state index in [1.807, 2.05) is 6.92 Å². The van der Waals surface area contributed by atoms with Gasteiger partial charge in [-0.05, 0) is 30.0 Å². The van der Waals surface area contributed by atoms with Gasteiger partial charge >= 0.3 is 12.6 Å². The Morgan fingerprint density at radius 3 is 2.41 bits per heavy atom. The molecule has 1 aromatic rings. The number of halogens is 2. The summed E-state index contributed by atoms with van der Waals surface area (Å²) < 4.78 is 28.0. The Balaban J connectivity index is 2.53. The Bertz CT molecular complexity index is 363. The quantitative estimate of drug-likeness (QED) is 0.836. The van der Waals surface area contributed by atoms with E-state index in [0.29, 0.717) is 6.42 Å². The summed E-state index contributed by atoms with van der Waals surface area (Å²) in [5.41, 5.74) is 0.903. The van der Waals surface area contributed by atoms with Gasteiger partial charge in [0.25, 0.3) is 0 Å². The van der Waals surface area contributed by atoms with Crippen molar-refractivity contribution in [2.75, 3.05) is 0 Å². The van der Waals surface area contributed by atoms with Gasteiger partial charge in [0.15, 0.2) is 0 Å². The number of carbonyl (C=O) groups is 1. The number of benzene rings is 1. The van der Waals surface area contributed by atoms with Crippen LogP contribution in [0.15, 0.2) is 24.3 Å². The number of carboxylic acid groups (broad SMARTS) is 1. The topological polar surface area (TPSA) is 46.5 Å². The minimum Gasteiger partial charge on any atom is -0.481 e. The summed E-state index contributed by atoms with van der Waals surface area (Å²) in [6.07, 6.45) is 0.691. The van der Waals surface area contributed by atoms with Crippen LogP contribution >= 0.6 is 0 Å². The van der Waals surface area contributed by atoms with Gasteiger partial charge < -0.3 is 9.84 Å². The number of rotatable bonds is 6. The van der Waals surface area contributed by atoms with Crippen molar-refractivity contribution in [1.29, 1.82) is 0 Å². The molecule has 1 rings (SSSR count). The van der Waals surface area contributed by atoms with E-state index in [4.69, 9.17) is 5.11 Å². The van der Waals surface area contributed by atoms with Gasteiger partial charge in [-0.3, -0.25) is 4.79 Å². The highest BCUT2D eigenvalue weighted by atomic mass is 19.3. The molecule has 1 unspecified atom stereocenters. The highest BCUT2D eigenvalue weighted by molar-refractivity contribution is 5.67. The predicted molar refractivity (Wildman–Crippen MR) is 58.2 cm³/mol. The fraction of sp³-hybridized carbons (Fsp3) is 0.417. The standard InChI is InChI=1S/C12H14F2O3/c1-8(7-11(15)16)6-9-2-4-10(5-3-9)17-12(13)14/h2-5,8,12H,6-7H2,1H3,(H,15,16). The molecule has 0 aliphatic rings. The van der Waals surface area contributed by atoms with Gasteiger partial charge in [-0.2, -0.15) is 8.78 Å². The molecule has 0 amide bonds. The molecule has 1 N–H and O–H groups in total. The van der Waals surface area contributed by atoms with E-state index in [2.05, 4.69) is 4.74 Å². The summed E-state index contributed by atoms with van der Waals surface area (Å²) in [4.78, 5) is 10.5. The Morgan fingerprint density at radius 1 is 1.35 bits per heavy atom. The third kappa shape index (κ3) is 5.29. The molecule has 0 spiro atoms. The monoisotopic (exact) mass is 244 g/mol. The summed E-state index contributed by atoms with van der Waals surface area (Å²) >= 11 is 0. The molecule has 0 aromatic heterocycles. The van der Waals surface area contributed by atoms with Gasteiger partial charge in [-0.1, -0.05) is 19.1 Å². The molecule has 17 heavy (non-hydrogen) atoms. The zero-order valence-corrected chi connectivity index (χ0v) is 9.40. The molecule has 0 aliphatic heterocycles. The molecule has 0 saturated carbocycles. The molecule has 1 aromatic carbocycles. The van der Waals surface area contributed by atoms with Crippen molar-refractivity contribution in [2.24, 2.45) is 5.92 Å². The van der Waals surface area contributed by atoms with Crippen LogP contribution < -0.4 is 4.74 Å². The van der Waals surface area contributed by atoms with Gasteiger partial charge in [0.05, 0.1) is 0 Å². The Morgan fingerprint density at radius 2 is 1.94 bits per heavy atom. The minimum absolute atomic E-state index is 0.00867. The average Bonchev–Trinajstić information content (AvgIpc) is 2.18. The Hall–Kier alpha value is -1.65. The van der Waals surface area contributed by atoms with Crippen LogP contribution in [0.4, 0.5) is 8.78 Å². The van der Waals surface area contributed by atoms with Crippen molar-refractivity contribution in [1.82, 2.24) is 0 Å². The second-order valence-electron chi connectivity index (χ2n) is 3.93. The second-order valence-corrected chi connectivity index (χ2v) is 3.93. The maximum absolute atomic E-state index is 11.9. The first-order valence-electron chi connectivity index (χ1n) is 5.23. The van der Waals surface area contributed by atoms with Crippen LogP contribution in [0.1, 0.15) is 18.9 Å². The summed E-state index contributed by atoms with van der Waals surface area (Å²) in [6.45, 7) is -0.996. The lowest BCUT2D eigenvalue weighted by Crippen LogP contribution is -2.07. The Labute approximate surface area is 98.0 Å². The number of carboxylic acids is 1. The fourth-order valence-electron chi connectivity index (χ4n) is 1.58. The number of hydrogen-bond donors (Lipinski definition) is 1. The molecule has 0 saturated heterocycles. The first kappa shape index (κ1) is 13.4. The molecule has 3 nitrogen and oxygen atoms in total. The van der Waals surface area contributed by atoms with Crippen LogP contribution in [0.3, 0.4) is 0 Å². The summed E-state index contributed by atoms with van der Waals surface area (Å²) in [6, 6.07) is 6.23. The van der Waals surface area contributed by atoms with Gasteiger partial charge in [0, 0.05) is 6.42 Å². The van der Waals surface area contributed by atoms with Crippen LogP contribution in [0.2, 0.25) is 0 Å². The second kappa shape index (κ2) is 6.18.